The number of hydrogen-bond donors (Lipinski definition) is 1. The number of thiophene rings is 1. The van der Waals surface area contributed by atoms with Gasteiger partial charge in [-0.25, -0.2) is 0 Å². The number of fused-ring (bicyclic) bond motifs is 1. The minimum Gasteiger partial charge on any atom is -0.480 e. The molecular formula is C13H17NO3S. The van der Waals surface area contributed by atoms with Crippen molar-refractivity contribution in [1.29, 1.82) is 0 Å². The Labute approximate surface area is 110 Å². The minimum absolute atomic E-state index is 0.0360. The van der Waals surface area contributed by atoms with Crippen LogP contribution in [-0.4, -0.2) is 28.4 Å². The Morgan fingerprint density at radius 3 is 2.78 bits per heavy atom. The maximum Gasteiger partial charge on any atom is 0.318 e. The molecule has 0 bridgehead atoms. The van der Waals surface area contributed by atoms with Gasteiger partial charge in [0, 0.05) is 11.4 Å². The molecule has 1 amide bonds. The molecule has 1 N–H and O–H groups in total. The summed E-state index contributed by atoms with van der Waals surface area (Å²) in [5.74, 6) is -1.38. The lowest BCUT2D eigenvalue weighted by Gasteiger charge is -2.37. The van der Waals surface area contributed by atoms with Gasteiger partial charge in [-0.1, -0.05) is 0 Å². The number of nitrogens with zero attached hydrogens (tertiary/aromatic N) is 1. The summed E-state index contributed by atoms with van der Waals surface area (Å²) in [6.45, 7) is 5.49. The zero-order chi connectivity index (χ0) is 13.5. The SMILES string of the molecule is CC1c2ccsc2CCN1C(=O)C(C)(C)C(=O)O. The van der Waals surface area contributed by atoms with Gasteiger partial charge in [0.1, 0.15) is 5.41 Å². The summed E-state index contributed by atoms with van der Waals surface area (Å²) < 4.78 is 0. The van der Waals surface area contributed by atoms with Gasteiger partial charge in [0.2, 0.25) is 5.91 Å². The Kier molecular flexibility index (Phi) is 3.19. The van der Waals surface area contributed by atoms with Crippen LogP contribution in [0.4, 0.5) is 0 Å². The number of amides is 1. The molecule has 2 heterocycles. The van der Waals surface area contributed by atoms with Crippen LogP contribution < -0.4 is 0 Å². The summed E-state index contributed by atoms with van der Waals surface area (Å²) >= 11 is 1.70. The van der Waals surface area contributed by atoms with Gasteiger partial charge >= 0.3 is 5.97 Å². The van der Waals surface area contributed by atoms with Crippen molar-refractivity contribution in [3.05, 3.63) is 21.9 Å². The molecule has 0 aromatic carbocycles. The molecule has 1 aliphatic rings. The van der Waals surface area contributed by atoms with E-state index < -0.39 is 11.4 Å². The van der Waals surface area contributed by atoms with Crippen LogP contribution in [0.25, 0.3) is 0 Å². The van der Waals surface area contributed by atoms with Crippen molar-refractivity contribution in [1.82, 2.24) is 4.90 Å². The first-order valence-corrected chi connectivity index (χ1v) is 6.84. The number of rotatable bonds is 2. The fraction of sp³-hybridized carbons (Fsp3) is 0.538. The molecule has 0 saturated carbocycles. The van der Waals surface area contributed by atoms with E-state index in [1.54, 1.807) is 16.2 Å². The van der Waals surface area contributed by atoms with Gasteiger partial charge < -0.3 is 10.0 Å². The minimum atomic E-state index is -1.36. The van der Waals surface area contributed by atoms with Crippen molar-refractivity contribution >= 4 is 23.2 Å². The van der Waals surface area contributed by atoms with Crippen molar-refractivity contribution < 1.29 is 14.7 Å². The molecular weight excluding hydrogens is 250 g/mol. The molecule has 98 valence electrons. The Morgan fingerprint density at radius 1 is 1.50 bits per heavy atom. The largest absolute Gasteiger partial charge is 0.480 e. The molecule has 1 unspecified atom stereocenters. The first-order chi connectivity index (χ1) is 8.35. The lowest BCUT2D eigenvalue weighted by molar-refractivity contribution is -0.159. The topological polar surface area (TPSA) is 57.6 Å². The first kappa shape index (κ1) is 13.1. The molecule has 0 fully saturated rings. The lowest BCUT2D eigenvalue weighted by Crippen LogP contribution is -2.48. The molecule has 4 nitrogen and oxygen atoms in total. The maximum absolute atomic E-state index is 12.4. The molecule has 5 heteroatoms. The van der Waals surface area contributed by atoms with E-state index in [0.717, 1.165) is 12.0 Å². The second-order valence-electron chi connectivity index (χ2n) is 5.15. The summed E-state index contributed by atoms with van der Waals surface area (Å²) in [7, 11) is 0. The van der Waals surface area contributed by atoms with E-state index in [1.165, 1.54) is 18.7 Å². The zero-order valence-corrected chi connectivity index (χ0v) is 11.6. The second kappa shape index (κ2) is 4.39. The van der Waals surface area contributed by atoms with E-state index in [-0.39, 0.29) is 11.9 Å². The number of carbonyl (C=O) groups is 2. The van der Waals surface area contributed by atoms with Gasteiger partial charge in [0.25, 0.3) is 0 Å². The monoisotopic (exact) mass is 267 g/mol. The van der Waals surface area contributed by atoms with Gasteiger partial charge in [0.05, 0.1) is 6.04 Å². The highest BCUT2D eigenvalue weighted by atomic mass is 32.1. The van der Waals surface area contributed by atoms with Crippen molar-refractivity contribution in [2.75, 3.05) is 6.54 Å². The lowest BCUT2D eigenvalue weighted by atomic mass is 9.89. The molecule has 1 aromatic heterocycles. The number of hydrogen-bond acceptors (Lipinski definition) is 3. The quantitative estimate of drug-likeness (QED) is 0.836. The fourth-order valence-corrected chi connectivity index (χ4v) is 3.20. The summed E-state index contributed by atoms with van der Waals surface area (Å²) in [5.41, 5.74) is -0.206. The van der Waals surface area contributed by atoms with E-state index in [2.05, 4.69) is 0 Å². The number of aliphatic carboxylic acids is 1. The molecule has 1 atom stereocenters. The number of carboxylic acids is 1. The van der Waals surface area contributed by atoms with Crippen molar-refractivity contribution in [2.45, 2.75) is 33.2 Å². The van der Waals surface area contributed by atoms with Crippen LogP contribution >= 0.6 is 11.3 Å². The molecule has 0 radical (unpaired) electrons. The standard InChI is InChI=1S/C13H17NO3S/c1-8-9-5-7-18-10(9)4-6-14(8)11(15)13(2,3)12(16)17/h5,7-8H,4,6H2,1-3H3,(H,16,17). The predicted octanol–water partition coefficient (Wildman–Crippen LogP) is 2.30. The highest BCUT2D eigenvalue weighted by Crippen LogP contribution is 2.35. The van der Waals surface area contributed by atoms with Crippen LogP contribution in [0.15, 0.2) is 11.4 Å². The van der Waals surface area contributed by atoms with Crippen LogP contribution in [0, 0.1) is 5.41 Å². The van der Waals surface area contributed by atoms with E-state index in [1.807, 2.05) is 18.4 Å². The van der Waals surface area contributed by atoms with Crippen molar-refractivity contribution in [3.63, 3.8) is 0 Å². The third kappa shape index (κ3) is 1.92. The average molecular weight is 267 g/mol. The normalized spacial score (nSPS) is 19.5. The average Bonchev–Trinajstić information content (AvgIpc) is 2.77. The molecule has 0 aliphatic carbocycles. The smallest absolute Gasteiger partial charge is 0.318 e. The molecule has 0 saturated heterocycles. The van der Waals surface area contributed by atoms with E-state index >= 15 is 0 Å². The van der Waals surface area contributed by atoms with E-state index in [0.29, 0.717) is 6.54 Å². The van der Waals surface area contributed by atoms with Gasteiger partial charge in [-0.05, 0) is 44.2 Å². The predicted molar refractivity (Wildman–Crippen MR) is 69.6 cm³/mol. The summed E-state index contributed by atoms with van der Waals surface area (Å²) in [5, 5.41) is 11.2. The van der Waals surface area contributed by atoms with Crippen LogP contribution in [0.2, 0.25) is 0 Å². The first-order valence-electron chi connectivity index (χ1n) is 5.96. The van der Waals surface area contributed by atoms with Crippen LogP contribution in [0.5, 0.6) is 0 Å². The van der Waals surface area contributed by atoms with Gasteiger partial charge in [-0.15, -0.1) is 11.3 Å². The zero-order valence-electron chi connectivity index (χ0n) is 10.8. The summed E-state index contributed by atoms with van der Waals surface area (Å²) in [6.07, 6.45) is 0.818. The second-order valence-corrected chi connectivity index (χ2v) is 6.15. The van der Waals surface area contributed by atoms with Crippen LogP contribution in [-0.2, 0) is 16.0 Å². The fourth-order valence-electron chi connectivity index (χ4n) is 2.24. The number of carbonyl (C=O) groups excluding carboxylic acids is 1. The highest BCUT2D eigenvalue weighted by molar-refractivity contribution is 7.10. The molecule has 0 spiro atoms. The van der Waals surface area contributed by atoms with Gasteiger partial charge in [0.15, 0.2) is 0 Å². The molecule has 1 aliphatic heterocycles. The Bertz CT molecular complexity index is 492. The van der Waals surface area contributed by atoms with Crippen LogP contribution in [0.1, 0.15) is 37.3 Å². The summed E-state index contributed by atoms with van der Waals surface area (Å²) in [4.78, 5) is 26.5. The van der Waals surface area contributed by atoms with Gasteiger partial charge in [-0.3, -0.25) is 9.59 Å². The maximum atomic E-state index is 12.4. The Hall–Kier alpha value is -1.36. The molecule has 2 rings (SSSR count). The van der Waals surface area contributed by atoms with Crippen molar-refractivity contribution in [2.24, 2.45) is 5.41 Å². The number of carboxylic acid groups (broad SMARTS) is 1. The van der Waals surface area contributed by atoms with E-state index in [4.69, 9.17) is 5.11 Å². The van der Waals surface area contributed by atoms with E-state index in [9.17, 15) is 9.59 Å². The van der Waals surface area contributed by atoms with Gasteiger partial charge in [-0.2, -0.15) is 0 Å². The Balaban J connectivity index is 2.27. The summed E-state index contributed by atoms with van der Waals surface area (Å²) in [6, 6.07) is 1.99. The van der Waals surface area contributed by atoms with Crippen LogP contribution in [0.3, 0.4) is 0 Å². The third-order valence-corrected chi connectivity index (χ3v) is 4.60. The highest BCUT2D eigenvalue weighted by Gasteiger charge is 2.42. The third-order valence-electron chi connectivity index (χ3n) is 3.61. The molecule has 18 heavy (non-hydrogen) atoms. The molecule has 1 aromatic rings. The van der Waals surface area contributed by atoms with Crippen molar-refractivity contribution in [3.8, 4) is 0 Å². The Morgan fingerprint density at radius 2 is 2.17 bits per heavy atom.